The zero-order valence-corrected chi connectivity index (χ0v) is 15.8. The molecule has 3 rings (SSSR count). The van der Waals surface area contributed by atoms with Crippen LogP contribution >= 0.6 is 46.4 Å². The van der Waals surface area contributed by atoms with Crippen molar-refractivity contribution >= 4 is 52.0 Å². The number of allylic oxidation sites excluding steroid dienone is 4. The zero-order chi connectivity index (χ0) is 17.3. The van der Waals surface area contributed by atoms with Gasteiger partial charge in [-0.3, -0.25) is 0 Å². The van der Waals surface area contributed by atoms with E-state index in [1.807, 2.05) is 42.8 Å². The van der Waals surface area contributed by atoms with E-state index >= 15 is 0 Å². The lowest BCUT2D eigenvalue weighted by Crippen LogP contribution is -1.98. The summed E-state index contributed by atoms with van der Waals surface area (Å²) in [5.74, 6) is 0.721. The minimum atomic E-state index is 0.489. The summed E-state index contributed by atoms with van der Waals surface area (Å²) in [5.41, 5.74) is 3.50. The van der Waals surface area contributed by atoms with E-state index in [4.69, 9.17) is 51.1 Å². The molecule has 0 saturated carbocycles. The molecule has 1 nitrogen and oxygen atoms in total. The Hall–Kier alpha value is -1.12. The van der Waals surface area contributed by atoms with Crippen LogP contribution in [0.4, 0.5) is 0 Å². The van der Waals surface area contributed by atoms with Crippen molar-refractivity contribution < 1.29 is 4.74 Å². The van der Waals surface area contributed by atoms with Gasteiger partial charge in [-0.1, -0.05) is 70.7 Å². The van der Waals surface area contributed by atoms with E-state index in [9.17, 15) is 0 Å². The summed E-state index contributed by atoms with van der Waals surface area (Å²) in [6, 6.07) is 11.3. The van der Waals surface area contributed by atoms with Crippen LogP contribution in [0.3, 0.4) is 0 Å². The number of halogens is 4. The molecule has 0 heterocycles. The molecule has 0 saturated heterocycles. The lowest BCUT2D eigenvalue weighted by molar-refractivity contribution is 0.415. The van der Waals surface area contributed by atoms with Crippen molar-refractivity contribution in [3.63, 3.8) is 0 Å². The standard InChI is InChI=1S/C19H13Cl4O/c1-24-11-8-9-12(13-4-2-6-16(20)18(13)22)15(10-11)14-5-3-7-17(21)19(14)23/h3-10H,2H2,1H3. The fourth-order valence-electron chi connectivity index (χ4n) is 2.64. The molecular weight excluding hydrogens is 386 g/mol. The fourth-order valence-corrected chi connectivity index (χ4v) is 3.49. The van der Waals surface area contributed by atoms with Gasteiger partial charge in [0.25, 0.3) is 0 Å². The first-order chi connectivity index (χ1) is 11.5. The van der Waals surface area contributed by atoms with Crippen molar-refractivity contribution in [2.24, 2.45) is 0 Å². The normalized spacial score (nSPS) is 14.6. The third kappa shape index (κ3) is 3.32. The number of benzene rings is 2. The van der Waals surface area contributed by atoms with Gasteiger partial charge in [0.2, 0.25) is 0 Å². The van der Waals surface area contributed by atoms with E-state index in [0.717, 1.165) is 34.4 Å². The highest BCUT2D eigenvalue weighted by atomic mass is 35.5. The SMILES string of the molecule is COc1ccc(C2=C(Cl)C(Cl)=CC[CH]2)c(-c2cccc(Cl)c2Cl)c1. The number of ether oxygens (including phenoxy) is 1. The monoisotopic (exact) mass is 397 g/mol. The van der Waals surface area contributed by atoms with Crippen LogP contribution in [0.15, 0.2) is 52.5 Å². The topological polar surface area (TPSA) is 9.23 Å². The first-order valence-corrected chi connectivity index (χ1v) is 8.76. The second kappa shape index (κ2) is 7.41. The van der Waals surface area contributed by atoms with Crippen LogP contribution in [-0.2, 0) is 0 Å². The van der Waals surface area contributed by atoms with Gasteiger partial charge in [-0.05, 0) is 47.7 Å². The molecule has 0 bridgehead atoms. The van der Waals surface area contributed by atoms with Gasteiger partial charge in [0.1, 0.15) is 5.75 Å². The molecule has 0 N–H and O–H groups in total. The van der Waals surface area contributed by atoms with E-state index in [1.165, 1.54) is 0 Å². The summed E-state index contributed by atoms with van der Waals surface area (Å²) < 4.78 is 5.36. The third-order valence-electron chi connectivity index (χ3n) is 3.82. The Morgan fingerprint density at radius 2 is 1.71 bits per heavy atom. The molecule has 0 aromatic heterocycles. The molecule has 0 spiro atoms. The smallest absolute Gasteiger partial charge is 0.119 e. The van der Waals surface area contributed by atoms with Gasteiger partial charge in [-0.2, -0.15) is 0 Å². The van der Waals surface area contributed by atoms with Gasteiger partial charge >= 0.3 is 0 Å². The van der Waals surface area contributed by atoms with Gasteiger partial charge in [0.15, 0.2) is 0 Å². The molecule has 0 fully saturated rings. The second-order valence-corrected chi connectivity index (χ2v) is 6.80. The summed E-state index contributed by atoms with van der Waals surface area (Å²) in [5, 5.41) is 2.05. The highest BCUT2D eigenvalue weighted by Crippen LogP contribution is 2.43. The molecule has 0 amide bonds. The Bertz CT molecular complexity index is 852. The van der Waals surface area contributed by atoms with Crippen molar-refractivity contribution in [2.75, 3.05) is 7.11 Å². The van der Waals surface area contributed by atoms with E-state index in [2.05, 4.69) is 0 Å². The molecule has 1 aliphatic rings. The molecule has 5 heteroatoms. The number of methoxy groups -OCH3 is 1. The molecule has 0 unspecified atom stereocenters. The zero-order valence-electron chi connectivity index (χ0n) is 12.7. The molecule has 24 heavy (non-hydrogen) atoms. The predicted octanol–water partition coefficient (Wildman–Crippen LogP) is 7.35. The fraction of sp³-hybridized carbons (Fsp3) is 0.105. The Morgan fingerprint density at radius 3 is 2.46 bits per heavy atom. The van der Waals surface area contributed by atoms with Crippen molar-refractivity contribution in [1.82, 2.24) is 0 Å². The predicted molar refractivity (Wildman–Crippen MR) is 104 cm³/mol. The van der Waals surface area contributed by atoms with Crippen LogP contribution in [0.1, 0.15) is 12.0 Å². The lowest BCUT2D eigenvalue weighted by atomic mass is 9.90. The number of rotatable bonds is 3. The van der Waals surface area contributed by atoms with Crippen LogP contribution in [-0.4, -0.2) is 7.11 Å². The van der Waals surface area contributed by atoms with Gasteiger partial charge < -0.3 is 4.74 Å². The van der Waals surface area contributed by atoms with Crippen molar-refractivity contribution in [3.8, 4) is 16.9 Å². The maximum Gasteiger partial charge on any atom is 0.119 e. The number of hydrogen-bond acceptors (Lipinski definition) is 1. The van der Waals surface area contributed by atoms with Crippen LogP contribution in [0.25, 0.3) is 16.7 Å². The Morgan fingerprint density at radius 1 is 0.917 bits per heavy atom. The average molecular weight is 399 g/mol. The van der Waals surface area contributed by atoms with Gasteiger partial charge in [0.05, 0.1) is 27.2 Å². The summed E-state index contributed by atoms with van der Waals surface area (Å²) in [6.45, 7) is 0. The van der Waals surface area contributed by atoms with Crippen LogP contribution in [0.2, 0.25) is 10.0 Å². The maximum absolute atomic E-state index is 6.43. The maximum atomic E-state index is 6.43. The van der Waals surface area contributed by atoms with Crippen molar-refractivity contribution in [2.45, 2.75) is 6.42 Å². The largest absolute Gasteiger partial charge is 0.497 e. The Kier molecular flexibility index (Phi) is 5.46. The molecule has 0 aliphatic heterocycles. The average Bonchev–Trinajstić information content (AvgIpc) is 2.59. The van der Waals surface area contributed by atoms with Gasteiger partial charge in [-0.15, -0.1) is 0 Å². The highest BCUT2D eigenvalue weighted by molar-refractivity contribution is 6.46. The molecule has 1 aliphatic carbocycles. The minimum absolute atomic E-state index is 0.489. The summed E-state index contributed by atoms with van der Waals surface area (Å²) in [4.78, 5) is 0. The molecule has 1 radical (unpaired) electrons. The van der Waals surface area contributed by atoms with Gasteiger partial charge in [-0.25, -0.2) is 0 Å². The quantitative estimate of drug-likeness (QED) is 0.525. The van der Waals surface area contributed by atoms with Crippen LogP contribution < -0.4 is 4.74 Å². The molecule has 2 aromatic rings. The first-order valence-electron chi connectivity index (χ1n) is 7.24. The first kappa shape index (κ1) is 17.7. The van der Waals surface area contributed by atoms with E-state index in [0.29, 0.717) is 20.1 Å². The molecule has 0 atom stereocenters. The molecular formula is C19H13Cl4O. The van der Waals surface area contributed by atoms with Crippen LogP contribution in [0.5, 0.6) is 5.75 Å². The Labute approximate surface area is 161 Å². The second-order valence-electron chi connectivity index (χ2n) is 5.23. The van der Waals surface area contributed by atoms with Gasteiger partial charge in [0, 0.05) is 5.56 Å². The highest BCUT2D eigenvalue weighted by Gasteiger charge is 2.20. The Balaban J connectivity index is 2.27. The van der Waals surface area contributed by atoms with Crippen LogP contribution in [0, 0.1) is 6.42 Å². The molecule has 2 aromatic carbocycles. The lowest BCUT2D eigenvalue weighted by Gasteiger charge is -2.19. The number of hydrogen-bond donors (Lipinski definition) is 0. The van der Waals surface area contributed by atoms with Crippen molar-refractivity contribution in [3.05, 3.63) is 74.6 Å². The summed E-state index contributed by atoms with van der Waals surface area (Å²) >= 11 is 25.3. The van der Waals surface area contributed by atoms with E-state index < -0.39 is 0 Å². The molecule has 123 valence electrons. The third-order valence-corrected chi connectivity index (χ3v) is 5.49. The summed E-state index contributed by atoms with van der Waals surface area (Å²) in [6.07, 6.45) is 4.64. The summed E-state index contributed by atoms with van der Waals surface area (Å²) in [7, 11) is 1.62. The minimum Gasteiger partial charge on any atom is -0.497 e. The van der Waals surface area contributed by atoms with E-state index in [1.54, 1.807) is 13.2 Å². The van der Waals surface area contributed by atoms with Crippen molar-refractivity contribution in [1.29, 1.82) is 0 Å². The van der Waals surface area contributed by atoms with E-state index in [-0.39, 0.29) is 0 Å².